The average molecular weight is 452 g/mol. The van der Waals surface area contributed by atoms with Crippen molar-refractivity contribution in [3.63, 3.8) is 0 Å². The summed E-state index contributed by atoms with van der Waals surface area (Å²) in [5.41, 5.74) is 7.90. The first-order valence-electron chi connectivity index (χ1n) is 12.0. The van der Waals surface area contributed by atoms with Crippen molar-refractivity contribution in [2.45, 2.75) is 39.5 Å². The summed E-state index contributed by atoms with van der Waals surface area (Å²) in [6.45, 7) is 4.00. The quantitative estimate of drug-likeness (QED) is 0.456. The summed E-state index contributed by atoms with van der Waals surface area (Å²) < 4.78 is 0. The molecule has 0 fully saturated rings. The Morgan fingerprint density at radius 1 is 0.818 bits per heavy atom. The molecule has 0 saturated heterocycles. The lowest BCUT2D eigenvalue weighted by molar-refractivity contribution is 0.982. The van der Waals surface area contributed by atoms with Gasteiger partial charge in [0.25, 0.3) is 0 Å². The molecule has 0 spiro atoms. The molecule has 1 aliphatic heterocycles. The SMILES string of the molecule is CC.CN(c1ccc(C2=CCC=C(C3=CC=CCC=C3)S2)cc1)c1cccc2c1C=CCC2. The maximum Gasteiger partial charge on any atom is 0.0484 e. The Balaban J connectivity index is 0.00000126. The molecule has 0 aromatic heterocycles. The molecule has 0 unspecified atom stereocenters. The summed E-state index contributed by atoms with van der Waals surface area (Å²) in [5.74, 6) is 0. The maximum absolute atomic E-state index is 2.34. The van der Waals surface area contributed by atoms with Gasteiger partial charge in [-0.05, 0) is 60.6 Å². The van der Waals surface area contributed by atoms with Gasteiger partial charge in [-0.3, -0.25) is 0 Å². The smallest absolute Gasteiger partial charge is 0.0484 e. The molecular formula is C31H33NS. The Labute approximate surface area is 203 Å². The number of hydrogen-bond acceptors (Lipinski definition) is 2. The summed E-state index contributed by atoms with van der Waals surface area (Å²) in [6, 6.07) is 15.7. The first kappa shape index (κ1) is 23.2. The van der Waals surface area contributed by atoms with Crippen molar-refractivity contribution in [1.29, 1.82) is 0 Å². The van der Waals surface area contributed by atoms with Crippen LogP contribution in [0.3, 0.4) is 0 Å². The minimum atomic E-state index is 0.983. The maximum atomic E-state index is 2.34. The van der Waals surface area contributed by atoms with Crippen molar-refractivity contribution in [2.24, 2.45) is 0 Å². The number of rotatable bonds is 4. The van der Waals surface area contributed by atoms with E-state index in [1.807, 2.05) is 25.6 Å². The largest absolute Gasteiger partial charge is 0.344 e. The Kier molecular flexibility index (Phi) is 7.91. The first-order valence-corrected chi connectivity index (χ1v) is 12.9. The van der Waals surface area contributed by atoms with Crippen molar-refractivity contribution in [3.8, 4) is 0 Å². The van der Waals surface area contributed by atoms with Gasteiger partial charge in [0.05, 0.1) is 0 Å². The zero-order chi connectivity index (χ0) is 23.0. The molecule has 0 amide bonds. The van der Waals surface area contributed by atoms with Crippen LogP contribution in [0.2, 0.25) is 0 Å². The van der Waals surface area contributed by atoms with Crippen LogP contribution in [0, 0.1) is 0 Å². The van der Waals surface area contributed by atoms with E-state index in [1.165, 1.54) is 43.4 Å². The highest BCUT2D eigenvalue weighted by atomic mass is 32.2. The van der Waals surface area contributed by atoms with Gasteiger partial charge in [0.2, 0.25) is 0 Å². The molecule has 33 heavy (non-hydrogen) atoms. The molecular weight excluding hydrogens is 418 g/mol. The minimum absolute atomic E-state index is 0.983. The van der Waals surface area contributed by atoms with Crippen LogP contribution in [0.25, 0.3) is 11.0 Å². The van der Waals surface area contributed by atoms with Crippen LogP contribution in [0.4, 0.5) is 11.4 Å². The third kappa shape index (κ3) is 5.34. The molecule has 2 aromatic carbocycles. The second-order valence-electron chi connectivity index (χ2n) is 8.06. The molecule has 2 aromatic rings. The highest BCUT2D eigenvalue weighted by Crippen LogP contribution is 2.42. The highest BCUT2D eigenvalue weighted by Gasteiger charge is 2.15. The van der Waals surface area contributed by atoms with E-state index in [0.717, 1.165) is 25.7 Å². The predicted molar refractivity (Wildman–Crippen MR) is 149 cm³/mol. The Hall–Kier alpha value is -2.97. The summed E-state index contributed by atoms with van der Waals surface area (Å²) in [7, 11) is 2.17. The molecule has 1 nitrogen and oxygen atoms in total. The Morgan fingerprint density at radius 3 is 2.48 bits per heavy atom. The van der Waals surface area contributed by atoms with Crippen molar-refractivity contribution >= 4 is 34.1 Å². The average Bonchev–Trinajstić information content (AvgIpc) is 3.19. The summed E-state index contributed by atoms with van der Waals surface area (Å²) in [5, 5.41) is 0. The number of allylic oxidation sites excluding steroid dienone is 9. The van der Waals surface area contributed by atoms with Gasteiger partial charge in [-0.25, -0.2) is 0 Å². The van der Waals surface area contributed by atoms with Crippen LogP contribution < -0.4 is 4.90 Å². The van der Waals surface area contributed by atoms with Gasteiger partial charge in [0.15, 0.2) is 0 Å². The van der Waals surface area contributed by atoms with E-state index in [1.54, 1.807) is 0 Å². The summed E-state index contributed by atoms with van der Waals surface area (Å²) >= 11 is 1.88. The van der Waals surface area contributed by atoms with Gasteiger partial charge in [-0.15, -0.1) is 0 Å². The molecule has 0 N–H and O–H groups in total. The molecule has 0 atom stereocenters. The third-order valence-electron chi connectivity index (χ3n) is 6.03. The number of hydrogen-bond donors (Lipinski definition) is 0. The lowest BCUT2D eigenvalue weighted by Gasteiger charge is -2.25. The third-order valence-corrected chi connectivity index (χ3v) is 7.28. The van der Waals surface area contributed by atoms with Crippen molar-refractivity contribution in [3.05, 3.63) is 118 Å². The van der Waals surface area contributed by atoms with Crippen molar-refractivity contribution < 1.29 is 0 Å². The van der Waals surface area contributed by atoms with Crippen molar-refractivity contribution in [2.75, 3.05) is 11.9 Å². The topological polar surface area (TPSA) is 3.24 Å². The molecule has 168 valence electrons. The van der Waals surface area contributed by atoms with Crippen LogP contribution in [0.15, 0.2) is 102 Å². The van der Waals surface area contributed by atoms with Gasteiger partial charge in [0, 0.05) is 33.8 Å². The van der Waals surface area contributed by atoms with E-state index in [0.29, 0.717) is 0 Å². The normalized spacial score (nSPS) is 16.5. The Morgan fingerprint density at radius 2 is 1.64 bits per heavy atom. The lowest BCUT2D eigenvalue weighted by atomic mass is 9.95. The van der Waals surface area contributed by atoms with E-state index >= 15 is 0 Å². The second kappa shape index (κ2) is 11.2. The van der Waals surface area contributed by atoms with Crippen LogP contribution in [0.1, 0.15) is 49.8 Å². The zero-order valence-corrected chi connectivity index (χ0v) is 20.7. The first-order chi connectivity index (χ1) is 16.3. The number of benzene rings is 2. The van der Waals surface area contributed by atoms with E-state index < -0.39 is 0 Å². The summed E-state index contributed by atoms with van der Waals surface area (Å²) in [6.07, 6.45) is 24.6. The number of anilines is 2. The molecule has 0 bridgehead atoms. The van der Waals surface area contributed by atoms with Crippen molar-refractivity contribution in [1.82, 2.24) is 0 Å². The number of thioether (sulfide) groups is 1. The van der Waals surface area contributed by atoms with Crippen LogP contribution in [-0.2, 0) is 6.42 Å². The highest BCUT2D eigenvalue weighted by molar-refractivity contribution is 8.12. The fraction of sp³-hybridized carbons (Fsp3) is 0.226. The molecule has 0 saturated carbocycles. The van der Waals surface area contributed by atoms with Crippen LogP contribution in [-0.4, -0.2) is 7.05 Å². The second-order valence-corrected chi connectivity index (χ2v) is 9.14. The fourth-order valence-corrected chi connectivity index (χ4v) is 5.41. The van der Waals surface area contributed by atoms with Gasteiger partial charge in [-0.1, -0.05) is 105 Å². The molecule has 5 rings (SSSR count). The van der Waals surface area contributed by atoms with E-state index in [9.17, 15) is 0 Å². The monoisotopic (exact) mass is 451 g/mol. The lowest BCUT2D eigenvalue weighted by Crippen LogP contribution is -2.12. The Bertz CT molecular complexity index is 1160. The van der Waals surface area contributed by atoms with Gasteiger partial charge < -0.3 is 4.90 Å². The predicted octanol–water partition coefficient (Wildman–Crippen LogP) is 9.24. The number of nitrogens with zero attached hydrogens (tertiary/aromatic N) is 1. The van der Waals surface area contributed by atoms with Gasteiger partial charge >= 0.3 is 0 Å². The molecule has 2 heteroatoms. The zero-order valence-electron chi connectivity index (χ0n) is 19.9. The van der Waals surface area contributed by atoms with E-state index in [4.69, 9.17) is 0 Å². The van der Waals surface area contributed by atoms with Gasteiger partial charge in [-0.2, -0.15) is 0 Å². The molecule has 1 heterocycles. The number of fused-ring (bicyclic) bond motifs is 1. The minimum Gasteiger partial charge on any atom is -0.344 e. The fourth-order valence-electron chi connectivity index (χ4n) is 4.30. The van der Waals surface area contributed by atoms with Crippen LogP contribution >= 0.6 is 11.8 Å². The molecule has 0 radical (unpaired) electrons. The van der Waals surface area contributed by atoms with Crippen LogP contribution in [0.5, 0.6) is 0 Å². The standard InChI is InChI=1S/C29H27NS.C2H6/c1-30(27-15-8-13-22-10-6-7-14-26(22)27)25-20-18-24(19-21-25)29-17-9-16-28(31-29)23-11-4-2-3-5-12-23;1-2/h2,4-5,7-8,11-21H,3,6,9-10H2,1H3;1-2H3. The van der Waals surface area contributed by atoms with Gasteiger partial charge in [0.1, 0.15) is 0 Å². The molecule has 3 aliphatic rings. The van der Waals surface area contributed by atoms with E-state index in [2.05, 4.69) is 109 Å². The summed E-state index contributed by atoms with van der Waals surface area (Å²) in [4.78, 5) is 5.00. The van der Waals surface area contributed by atoms with E-state index in [-0.39, 0.29) is 0 Å². The molecule has 2 aliphatic carbocycles. The number of aryl methyl sites for hydroxylation is 1.